The fourth-order valence-corrected chi connectivity index (χ4v) is 4.05. The van der Waals surface area contributed by atoms with Gasteiger partial charge in [0, 0.05) is 51.1 Å². The number of fused-ring (bicyclic) bond motifs is 1. The van der Waals surface area contributed by atoms with Crippen LogP contribution in [0.1, 0.15) is 51.5 Å². The number of piperazine rings is 1. The van der Waals surface area contributed by atoms with Crippen LogP contribution in [-0.4, -0.2) is 69.5 Å². The molecule has 1 aromatic carbocycles. The third-order valence-corrected chi connectivity index (χ3v) is 6.20. The van der Waals surface area contributed by atoms with E-state index in [2.05, 4.69) is 15.2 Å². The molecule has 1 aromatic heterocycles. The maximum atomic E-state index is 12.5. The normalized spacial score (nSPS) is 15.0. The molecule has 34 heavy (non-hydrogen) atoms. The highest BCUT2D eigenvalue weighted by atomic mass is 16.6. The van der Waals surface area contributed by atoms with Crippen molar-refractivity contribution in [2.45, 2.75) is 52.4 Å². The number of rotatable bonds is 12. The van der Waals surface area contributed by atoms with Crippen molar-refractivity contribution in [1.29, 1.82) is 0 Å². The van der Waals surface area contributed by atoms with Gasteiger partial charge in [0.05, 0.1) is 4.92 Å². The Morgan fingerprint density at radius 3 is 2.50 bits per heavy atom. The van der Waals surface area contributed by atoms with E-state index in [1.165, 1.54) is 6.07 Å². The Labute approximate surface area is 199 Å². The fourth-order valence-electron chi connectivity index (χ4n) is 4.05. The topological polar surface area (TPSA) is 123 Å². The molecule has 3 rings (SSSR count). The molecule has 10 heteroatoms. The van der Waals surface area contributed by atoms with Crippen molar-refractivity contribution in [1.82, 2.24) is 20.1 Å². The number of nitro groups is 1. The first-order valence-corrected chi connectivity index (χ1v) is 12.0. The van der Waals surface area contributed by atoms with Gasteiger partial charge < -0.3 is 4.90 Å². The van der Waals surface area contributed by atoms with E-state index in [0.717, 1.165) is 70.4 Å². The number of hydrogen-bond acceptors (Lipinski definition) is 8. The van der Waals surface area contributed by atoms with Crippen molar-refractivity contribution in [3.63, 3.8) is 0 Å². The van der Waals surface area contributed by atoms with Gasteiger partial charge >= 0.3 is 5.69 Å². The summed E-state index contributed by atoms with van der Waals surface area (Å²) in [5.74, 6) is 0.371. The standard InChI is InChI=1S/C24H33N5O5/c1-18(2)21(30)9-7-13-27-14-16-28(17-15-27)22(31)10-6-4-3-5-8-19-11-12-20(29(32)33)24-23(19)25-34-26-24/h7,9,11-12,18H,3-6,8,10,13-17H2,1-2H3/b9-7+. The molecule has 0 spiro atoms. The number of unbranched alkanes of at least 4 members (excludes halogenated alkanes) is 3. The van der Waals surface area contributed by atoms with Crippen molar-refractivity contribution in [3.05, 3.63) is 40.0 Å². The van der Waals surface area contributed by atoms with Crippen LogP contribution >= 0.6 is 0 Å². The molecule has 1 fully saturated rings. The maximum absolute atomic E-state index is 12.5. The van der Waals surface area contributed by atoms with E-state index in [0.29, 0.717) is 11.9 Å². The van der Waals surface area contributed by atoms with Crippen LogP contribution in [0, 0.1) is 16.0 Å². The minimum atomic E-state index is -0.486. The summed E-state index contributed by atoms with van der Waals surface area (Å²) < 4.78 is 4.70. The van der Waals surface area contributed by atoms with Crippen LogP contribution in [0.3, 0.4) is 0 Å². The summed E-state index contributed by atoms with van der Waals surface area (Å²) in [6, 6.07) is 3.16. The third-order valence-electron chi connectivity index (χ3n) is 6.20. The molecule has 0 atom stereocenters. The predicted molar refractivity (Wildman–Crippen MR) is 127 cm³/mol. The Balaban J connectivity index is 1.30. The Morgan fingerprint density at radius 2 is 1.79 bits per heavy atom. The second-order valence-corrected chi connectivity index (χ2v) is 9.02. The SMILES string of the molecule is CC(C)C(=O)/C=C/CN1CCN(C(=O)CCCCCCc2ccc([N+](=O)[O-])c3nonc23)CC1. The van der Waals surface area contributed by atoms with Crippen molar-refractivity contribution < 1.29 is 19.1 Å². The number of ketones is 1. The first kappa shape index (κ1) is 25.5. The molecule has 0 unspecified atom stereocenters. The van der Waals surface area contributed by atoms with Gasteiger partial charge in [-0.1, -0.05) is 32.8 Å². The summed E-state index contributed by atoms with van der Waals surface area (Å²) in [5.41, 5.74) is 1.43. The van der Waals surface area contributed by atoms with E-state index in [1.54, 1.807) is 12.1 Å². The Morgan fingerprint density at radius 1 is 1.09 bits per heavy atom. The highest BCUT2D eigenvalue weighted by Crippen LogP contribution is 2.26. The average molecular weight is 472 g/mol. The van der Waals surface area contributed by atoms with Crippen molar-refractivity contribution in [3.8, 4) is 0 Å². The van der Waals surface area contributed by atoms with Crippen molar-refractivity contribution in [2.75, 3.05) is 32.7 Å². The zero-order valence-electron chi connectivity index (χ0n) is 19.9. The lowest BCUT2D eigenvalue weighted by atomic mass is 10.0. The number of hydrogen-bond donors (Lipinski definition) is 0. The van der Waals surface area contributed by atoms with E-state index in [-0.39, 0.29) is 28.8 Å². The zero-order valence-corrected chi connectivity index (χ0v) is 19.9. The minimum Gasteiger partial charge on any atom is -0.340 e. The minimum absolute atomic E-state index is 0.0230. The second-order valence-electron chi connectivity index (χ2n) is 9.02. The molecule has 0 N–H and O–H groups in total. The van der Waals surface area contributed by atoms with Crippen LogP contribution in [0.4, 0.5) is 5.69 Å². The second kappa shape index (κ2) is 12.4. The molecule has 1 aliphatic heterocycles. The molecule has 0 bridgehead atoms. The summed E-state index contributed by atoms with van der Waals surface area (Å²) in [5, 5.41) is 18.6. The van der Waals surface area contributed by atoms with Gasteiger partial charge in [-0.25, -0.2) is 4.63 Å². The number of carbonyl (C=O) groups is 2. The van der Waals surface area contributed by atoms with E-state index in [9.17, 15) is 19.7 Å². The van der Waals surface area contributed by atoms with Crippen molar-refractivity contribution in [2.24, 2.45) is 5.92 Å². The van der Waals surface area contributed by atoms with Gasteiger partial charge in [-0.3, -0.25) is 24.6 Å². The average Bonchev–Trinajstić information content (AvgIpc) is 3.31. The zero-order chi connectivity index (χ0) is 24.5. The number of amides is 1. The number of benzene rings is 1. The third kappa shape index (κ3) is 6.93. The van der Waals surface area contributed by atoms with Gasteiger partial charge in [-0.05, 0) is 47.3 Å². The van der Waals surface area contributed by atoms with Gasteiger partial charge in [0.25, 0.3) is 0 Å². The van der Waals surface area contributed by atoms with Crippen LogP contribution < -0.4 is 0 Å². The van der Waals surface area contributed by atoms with E-state index in [1.807, 2.05) is 24.8 Å². The number of allylic oxidation sites excluding steroid dienone is 1. The van der Waals surface area contributed by atoms with Crippen LogP contribution in [0.2, 0.25) is 0 Å². The Bertz CT molecular complexity index is 1020. The number of nitrogens with zero attached hydrogens (tertiary/aromatic N) is 5. The van der Waals surface area contributed by atoms with E-state index < -0.39 is 4.92 Å². The van der Waals surface area contributed by atoms with Gasteiger partial charge in [0.2, 0.25) is 11.4 Å². The molecule has 0 aliphatic carbocycles. The summed E-state index contributed by atoms with van der Waals surface area (Å²) >= 11 is 0. The van der Waals surface area contributed by atoms with Crippen LogP contribution in [0.5, 0.6) is 0 Å². The van der Waals surface area contributed by atoms with Gasteiger partial charge in [-0.15, -0.1) is 0 Å². The molecule has 1 amide bonds. The molecule has 1 saturated heterocycles. The van der Waals surface area contributed by atoms with Gasteiger partial charge in [-0.2, -0.15) is 0 Å². The Kier molecular flexibility index (Phi) is 9.26. The molecular formula is C24H33N5O5. The molecular weight excluding hydrogens is 438 g/mol. The molecule has 0 saturated carbocycles. The maximum Gasteiger partial charge on any atom is 0.300 e. The Hall–Kier alpha value is -3.14. The number of carbonyl (C=O) groups excluding carboxylic acids is 2. The van der Waals surface area contributed by atoms with Gasteiger partial charge in [0.15, 0.2) is 5.78 Å². The molecule has 2 aromatic rings. The van der Waals surface area contributed by atoms with E-state index >= 15 is 0 Å². The highest BCUT2D eigenvalue weighted by Gasteiger charge is 2.21. The molecule has 10 nitrogen and oxygen atoms in total. The largest absolute Gasteiger partial charge is 0.340 e. The summed E-state index contributed by atoms with van der Waals surface area (Å²) in [7, 11) is 0. The van der Waals surface area contributed by atoms with Crippen LogP contribution in [-0.2, 0) is 16.0 Å². The van der Waals surface area contributed by atoms with Crippen LogP contribution in [0.15, 0.2) is 28.9 Å². The monoisotopic (exact) mass is 471 g/mol. The molecule has 1 aliphatic rings. The molecule has 0 radical (unpaired) electrons. The summed E-state index contributed by atoms with van der Waals surface area (Å²) in [6.45, 7) is 7.64. The lowest BCUT2D eigenvalue weighted by Crippen LogP contribution is -2.48. The summed E-state index contributed by atoms with van der Waals surface area (Å²) in [4.78, 5) is 38.9. The lowest BCUT2D eigenvalue weighted by Gasteiger charge is -2.34. The quantitative estimate of drug-likeness (QED) is 0.199. The number of nitro benzene ring substituents is 1. The van der Waals surface area contributed by atoms with E-state index in [4.69, 9.17) is 4.63 Å². The number of aryl methyl sites for hydroxylation is 1. The molecule has 184 valence electrons. The highest BCUT2D eigenvalue weighted by molar-refractivity contribution is 5.91. The first-order chi connectivity index (χ1) is 16.4. The fraction of sp³-hybridized carbons (Fsp3) is 0.583. The smallest absolute Gasteiger partial charge is 0.300 e. The first-order valence-electron chi connectivity index (χ1n) is 12.0. The predicted octanol–water partition coefficient (Wildman–Crippen LogP) is 3.55. The molecule has 2 heterocycles. The summed E-state index contributed by atoms with van der Waals surface area (Å²) in [6.07, 6.45) is 8.53. The lowest BCUT2D eigenvalue weighted by molar-refractivity contribution is -0.383. The van der Waals surface area contributed by atoms with Crippen LogP contribution in [0.25, 0.3) is 11.0 Å². The number of non-ortho nitro benzene ring substituents is 1. The van der Waals surface area contributed by atoms with Gasteiger partial charge in [0.1, 0.15) is 5.52 Å². The van der Waals surface area contributed by atoms with Crippen molar-refractivity contribution >= 4 is 28.4 Å². The number of aromatic nitrogens is 2.